The monoisotopic (exact) mass is 397 g/mol. The second-order valence-corrected chi connectivity index (χ2v) is 9.95. The van der Waals surface area contributed by atoms with Crippen LogP contribution in [0.25, 0.3) is 22.0 Å². The molecule has 146 valence electrons. The van der Waals surface area contributed by atoms with Crippen LogP contribution in [0, 0.1) is 6.92 Å². The number of carbonyl (C=O) groups excluding carboxylic acids is 1. The number of hydrogen-bond donors (Lipinski definition) is 1. The van der Waals surface area contributed by atoms with Crippen molar-refractivity contribution in [2.24, 2.45) is 0 Å². The van der Waals surface area contributed by atoms with Crippen LogP contribution in [-0.2, 0) is 10.0 Å². The van der Waals surface area contributed by atoms with Crippen LogP contribution in [0.1, 0.15) is 42.6 Å². The summed E-state index contributed by atoms with van der Waals surface area (Å²) in [6, 6.07) is 11.5. The average molecular weight is 398 g/mol. The smallest absolute Gasteiger partial charge is 0.256 e. The number of fused-ring (bicyclic) bond motifs is 1. The Morgan fingerprint density at radius 1 is 1.18 bits per heavy atom. The third-order valence-electron chi connectivity index (χ3n) is 5.10. The lowest BCUT2D eigenvalue weighted by Crippen LogP contribution is -2.25. The van der Waals surface area contributed by atoms with E-state index in [1.54, 1.807) is 26.1 Å². The van der Waals surface area contributed by atoms with Crippen LogP contribution >= 0.6 is 0 Å². The number of nitrogens with one attached hydrogen (secondary N) is 1. The number of nitrogens with zero attached hydrogens (tertiary/aromatic N) is 2. The first-order chi connectivity index (χ1) is 13.3. The fourth-order valence-electron chi connectivity index (χ4n) is 3.15. The van der Waals surface area contributed by atoms with E-state index in [0.29, 0.717) is 17.1 Å². The largest absolute Gasteiger partial charge is 0.349 e. The van der Waals surface area contributed by atoms with E-state index in [9.17, 15) is 13.2 Å². The number of carbonyl (C=O) groups is 1. The molecule has 0 unspecified atom stereocenters. The van der Waals surface area contributed by atoms with Crippen LogP contribution in [0.15, 0.2) is 42.6 Å². The van der Waals surface area contributed by atoms with Gasteiger partial charge in [-0.3, -0.25) is 4.79 Å². The summed E-state index contributed by atoms with van der Waals surface area (Å²) >= 11 is 0. The SMILES string of the molecule is Cc1ccc(C(=O)NC2CC2)cc1-c1ccc2c(cnn2S(=O)(=O)C(C)C)c1. The van der Waals surface area contributed by atoms with E-state index < -0.39 is 15.3 Å². The molecule has 3 aromatic rings. The fraction of sp³-hybridized carbons (Fsp3) is 0.333. The molecule has 1 N–H and O–H groups in total. The van der Waals surface area contributed by atoms with Crippen LogP contribution in [0.4, 0.5) is 0 Å². The Hall–Kier alpha value is -2.67. The van der Waals surface area contributed by atoms with Gasteiger partial charge in [-0.15, -0.1) is 0 Å². The maximum atomic E-state index is 12.5. The average Bonchev–Trinajstić information content (AvgIpc) is 3.36. The normalized spacial score (nSPS) is 14.6. The van der Waals surface area contributed by atoms with Crippen LogP contribution in [0.2, 0.25) is 0 Å². The molecular weight excluding hydrogens is 374 g/mol. The lowest BCUT2D eigenvalue weighted by Gasteiger charge is -2.11. The van der Waals surface area contributed by atoms with E-state index >= 15 is 0 Å². The first kappa shape index (κ1) is 18.7. The lowest BCUT2D eigenvalue weighted by atomic mass is 9.97. The second kappa shape index (κ2) is 6.74. The van der Waals surface area contributed by atoms with E-state index in [-0.39, 0.29) is 5.91 Å². The molecule has 1 aliphatic carbocycles. The molecule has 0 atom stereocenters. The molecule has 7 heteroatoms. The maximum Gasteiger partial charge on any atom is 0.256 e. The van der Waals surface area contributed by atoms with Gasteiger partial charge in [0.15, 0.2) is 0 Å². The lowest BCUT2D eigenvalue weighted by molar-refractivity contribution is 0.0951. The van der Waals surface area contributed by atoms with E-state index in [2.05, 4.69) is 10.4 Å². The number of rotatable bonds is 5. The second-order valence-electron chi connectivity index (χ2n) is 7.63. The molecule has 0 bridgehead atoms. The molecule has 0 radical (unpaired) electrons. The van der Waals surface area contributed by atoms with Crippen LogP contribution < -0.4 is 5.32 Å². The van der Waals surface area contributed by atoms with Crippen molar-refractivity contribution in [3.63, 3.8) is 0 Å². The Bertz CT molecular complexity index is 1170. The van der Waals surface area contributed by atoms with Crippen molar-refractivity contribution in [1.29, 1.82) is 0 Å². The van der Waals surface area contributed by atoms with Crippen molar-refractivity contribution in [2.75, 3.05) is 0 Å². The van der Waals surface area contributed by atoms with Crippen molar-refractivity contribution in [3.8, 4) is 11.1 Å². The van der Waals surface area contributed by atoms with Crippen LogP contribution in [0.5, 0.6) is 0 Å². The number of hydrogen-bond acceptors (Lipinski definition) is 4. The van der Waals surface area contributed by atoms with Gasteiger partial charge in [0.05, 0.1) is 17.0 Å². The summed E-state index contributed by atoms with van der Waals surface area (Å²) in [6.07, 6.45) is 3.66. The van der Waals surface area contributed by atoms with Gasteiger partial charge in [0, 0.05) is 17.0 Å². The van der Waals surface area contributed by atoms with Gasteiger partial charge in [0.1, 0.15) is 0 Å². The number of benzene rings is 2. The summed E-state index contributed by atoms with van der Waals surface area (Å²) in [4.78, 5) is 12.4. The quantitative estimate of drug-likeness (QED) is 0.715. The van der Waals surface area contributed by atoms with Crippen LogP contribution in [-0.4, -0.2) is 34.8 Å². The Balaban J connectivity index is 1.74. The molecule has 4 rings (SSSR count). The van der Waals surface area contributed by atoms with Crippen molar-refractivity contribution in [1.82, 2.24) is 14.5 Å². The Morgan fingerprint density at radius 3 is 2.61 bits per heavy atom. The van der Waals surface area contributed by atoms with Gasteiger partial charge in [0.2, 0.25) is 0 Å². The highest BCUT2D eigenvalue weighted by molar-refractivity contribution is 7.90. The van der Waals surface area contributed by atoms with Gasteiger partial charge >= 0.3 is 0 Å². The molecule has 0 aliphatic heterocycles. The zero-order valence-electron chi connectivity index (χ0n) is 16.1. The third-order valence-corrected chi connectivity index (χ3v) is 7.06. The van der Waals surface area contributed by atoms with Gasteiger partial charge < -0.3 is 5.32 Å². The van der Waals surface area contributed by atoms with Crippen molar-refractivity contribution in [3.05, 3.63) is 53.7 Å². The minimum Gasteiger partial charge on any atom is -0.349 e. The van der Waals surface area contributed by atoms with Crippen molar-refractivity contribution < 1.29 is 13.2 Å². The summed E-state index contributed by atoms with van der Waals surface area (Å²) in [7, 11) is -3.52. The summed E-state index contributed by atoms with van der Waals surface area (Å²) in [5.41, 5.74) is 4.10. The fourth-order valence-corrected chi connectivity index (χ4v) is 4.17. The Kier molecular flexibility index (Phi) is 4.50. The van der Waals surface area contributed by atoms with Gasteiger partial charge in [-0.05, 0) is 74.6 Å². The number of amides is 1. The van der Waals surface area contributed by atoms with Gasteiger partial charge in [-0.2, -0.15) is 9.19 Å². The minimum absolute atomic E-state index is 0.0549. The molecule has 1 saturated carbocycles. The summed E-state index contributed by atoms with van der Waals surface area (Å²) in [5.74, 6) is -0.0549. The Morgan fingerprint density at radius 2 is 1.93 bits per heavy atom. The van der Waals surface area contributed by atoms with Gasteiger partial charge in [0.25, 0.3) is 15.9 Å². The predicted octanol–water partition coefficient (Wildman–Crippen LogP) is 3.49. The molecule has 6 nitrogen and oxygen atoms in total. The topological polar surface area (TPSA) is 81.1 Å². The highest BCUT2D eigenvalue weighted by atomic mass is 32.2. The van der Waals surface area contributed by atoms with E-state index in [1.165, 1.54) is 0 Å². The van der Waals surface area contributed by atoms with Crippen molar-refractivity contribution >= 4 is 26.8 Å². The van der Waals surface area contributed by atoms with E-state index in [4.69, 9.17) is 0 Å². The molecule has 0 saturated heterocycles. The summed E-state index contributed by atoms with van der Waals surface area (Å²) in [6.45, 7) is 5.27. The molecule has 1 fully saturated rings. The molecule has 0 spiro atoms. The van der Waals surface area contributed by atoms with Crippen LogP contribution in [0.3, 0.4) is 0 Å². The van der Waals surface area contributed by atoms with E-state index in [0.717, 1.165) is 39.0 Å². The number of aryl methyl sites for hydroxylation is 1. The molecule has 1 aromatic heterocycles. The molecule has 1 amide bonds. The maximum absolute atomic E-state index is 12.5. The molecule has 28 heavy (non-hydrogen) atoms. The highest BCUT2D eigenvalue weighted by Gasteiger charge is 2.24. The molecule has 2 aromatic carbocycles. The standard InChI is InChI=1S/C21H23N3O3S/c1-13(2)28(26,27)24-20-9-6-15(10-17(20)12-22-24)19-11-16(5-4-14(19)3)21(25)23-18-7-8-18/h4-6,9-13,18H,7-8H2,1-3H3,(H,23,25). The number of aromatic nitrogens is 2. The first-order valence-electron chi connectivity index (χ1n) is 9.41. The van der Waals surface area contributed by atoms with Gasteiger partial charge in [-0.25, -0.2) is 8.42 Å². The van der Waals surface area contributed by atoms with Crippen molar-refractivity contribution in [2.45, 2.75) is 44.9 Å². The molecule has 1 heterocycles. The Labute approximate surface area is 164 Å². The zero-order valence-corrected chi connectivity index (χ0v) is 17.0. The minimum atomic E-state index is -3.52. The van der Waals surface area contributed by atoms with Gasteiger partial charge in [-0.1, -0.05) is 12.1 Å². The zero-order chi connectivity index (χ0) is 20.1. The highest BCUT2D eigenvalue weighted by Crippen LogP contribution is 2.29. The summed E-state index contributed by atoms with van der Waals surface area (Å²) in [5, 5.41) is 7.29. The first-order valence-corrected chi connectivity index (χ1v) is 10.9. The molecule has 1 aliphatic rings. The third kappa shape index (κ3) is 3.30. The molecular formula is C21H23N3O3S. The predicted molar refractivity (Wildman–Crippen MR) is 110 cm³/mol. The summed E-state index contributed by atoms with van der Waals surface area (Å²) < 4.78 is 26.1. The van der Waals surface area contributed by atoms with E-state index in [1.807, 2.05) is 37.3 Å².